The van der Waals surface area contributed by atoms with E-state index < -0.39 is 15.6 Å². The molecule has 0 aliphatic carbocycles. The van der Waals surface area contributed by atoms with E-state index in [1.165, 1.54) is 22.5 Å². The number of hydrogen-bond donors (Lipinski definition) is 2. The van der Waals surface area contributed by atoms with Crippen LogP contribution in [0, 0.1) is 11.3 Å². The number of rotatable bonds is 2. The third kappa shape index (κ3) is 2.56. The molecule has 1 aliphatic rings. The SMILES string of the molecule is CC1(O)CCN(S(=O)(=O)c2ccc(N)cc2C#N)C1. The highest BCUT2D eigenvalue weighted by molar-refractivity contribution is 7.89. The van der Waals surface area contributed by atoms with E-state index >= 15 is 0 Å². The van der Waals surface area contributed by atoms with Gasteiger partial charge < -0.3 is 10.8 Å². The van der Waals surface area contributed by atoms with E-state index in [4.69, 9.17) is 11.0 Å². The van der Waals surface area contributed by atoms with E-state index in [0.717, 1.165) is 0 Å². The molecule has 0 spiro atoms. The van der Waals surface area contributed by atoms with Gasteiger partial charge in [0.05, 0.1) is 11.2 Å². The van der Waals surface area contributed by atoms with Crippen LogP contribution in [-0.4, -0.2) is 36.5 Å². The molecule has 0 amide bonds. The molecule has 1 fully saturated rings. The summed E-state index contributed by atoms with van der Waals surface area (Å²) in [4.78, 5) is -0.0677. The van der Waals surface area contributed by atoms with Crippen molar-refractivity contribution in [1.29, 1.82) is 5.26 Å². The molecule has 1 aromatic carbocycles. The van der Waals surface area contributed by atoms with Crippen LogP contribution >= 0.6 is 0 Å². The van der Waals surface area contributed by atoms with E-state index in [0.29, 0.717) is 12.1 Å². The van der Waals surface area contributed by atoms with E-state index in [9.17, 15) is 13.5 Å². The molecular weight excluding hydrogens is 266 g/mol. The van der Waals surface area contributed by atoms with E-state index in [2.05, 4.69) is 0 Å². The van der Waals surface area contributed by atoms with Crippen LogP contribution in [0.4, 0.5) is 5.69 Å². The Morgan fingerprint density at radius 1 is 1.53 bits per heavy atom. The van der Waals surface area contributed by atoms with Crippen molar-refractivity contribution in [2.45, 2.75) is 23.8 Å². The summed E-state index contributed by atoms with van der Waals surface area (Å²) in [7, 11) is -3.77. The molecule has 2 rings (SSSR count). The van der Waals surface area contributed by atoms with Crippen molar-refractivity contribution >= 4 is 15.7 Å². The Labute approximate surface area is 112 Å². The maximum Gasteiger partial charge on any atom is 0.244 e. The Kier molecular flexibility index (Phi) is 3.26. The van der Waals surface area contributed by atoms with Gasteiger partial charge in [-0.15, -0.1) is 0 Å². The van der Waals surface area contributed by atoms with Crippen molar-refractivity contribution in [1.82, 2.24) is 4.31 Å². The maximum absolute atomic E-state index is 12.4. The average Bonchev–Trinajstić information content (AvgIpc) is 2.69. The Hall–Kier alpha value is -1.62. The summed E-state index contributed by atoms with van der Waals surface area (Å²) in [5.74, 6) is 0. The molecule has 0 saturated carbocycles. The number of aliphatic hydroxyl groups is 1. The van der Waals surface area contributed by atoms with Gasteiger partial charge in [0, 0.05) is 18.8 Å². The van der Waals surface area contributed by atoms with Crippen LogP contribution in [0.15, 0.2) is 23.1 Å². The molecule has 0 aromatic heterocycles. The Balaban J connectivity index is 2.44. The number of hydrogen-bond acceptors (Lipinski definition) is 5. The summed E-state index contributed by atoms with van der Waals surface area (Å²) in [6, 6.07) is 5.95. The van der Waals surface area contributed by atoms with Crippen LogP contribution < -0.4 is 5.73 Å². The summed E-state index contributed by atoms with van der Waals surface area (Å²) in [5.41, 5.74) is 4.88. The molecule has 1 heterocycles. The first-order chi connectivity index (χ1) is 8.76. The lowest BCUT2D eigenvalue weighted by atomic mass is 10.1. The number of nitrogens with two attached hydrogens (primary N) is 1. The van der Waals surface area contributed by atoms with Gasteiger partial charge in [0.2, 0.25) is 10.0 Å². The molecule has 7 heteroatoms. The maximum atomic E-state index is 12.4. The van der Waals surface area contributed by atoms with Crippen LogP contribution in [0.5, 0.6) is 0 Å². The molecule has 1 unspecified atom stereocenters. The number of nitrogen functional groups attached to an aromatic ring is 1. The molecular formula is C12H15N3O3S. The number of sulfonamides is 1. The predicted octanol–water partition coefficient (Wildman–Crippen LogP) is 0.286. The summed E-state index contributed by atoms with van der Waals surface area (Å²) >= 11 is 0. The monoisotopic (exact) mass is 281 g/mol. The highest BCUT2D eigenvalue weighted by Gasteiger charge is 2.39. The van der Waals surface area contributed by atoms with Gasteiger partial charge in [-0.1, -0.05) is 0 Å². The highest BCUT2D eigenvalue weighted by atomic mass is 32.2. The van der Waals surface area contributed by atoms with E-state index in [-0.39, 0.29) is 23.5 Å². The van der Waals surface area contributed by atoms with E-state index in [1.807, 2.05) is 6.07 Å². The zero-order valence-electron chi connectivity index (χ0n) is 10.5. The first-order valence-electron chi connectivity index (χ1n) is 5.78. The number of β-amino-alcohol motifs (C(OH)–C–C–N with tert-alkyl or cyclic N) is 1. The zero-order valence-corrected chi connectivity index (χ0v) is 11.3. The van der Waals surface area contributed by atoms with Crippen LogP contribution in [-0.2, 0) is 10.0 Å². The average molecular weight is 281 g/mol. The summed E-state index contributed by atoms with van der Waals surface area (Å²) in [6.45, 7) is 1.87. The van der Waals surface area contributed by atoms with Gasteiger partial charge in [-0.25, -0.2) is 8.42 Å². The minimum atomic E-state index is -3.77. The van der Waals surface area contributed by atoms with Gasteiger partial charge in [-0.2, -0.15) is 9.57 Å². The molecule has 1 atom stereocenters. The lowest BCUT2D eigenvalue weighted by molar-refractivity contribution is 0.0762. The molecule has 102 valence electrons. The smallest absolute Gasteiger partial charge is 0.244 e. The first-order valence-corrected chi connectivity index (χ1v) is 7.22. The topological polar surface area (TPSA) is 107 Å². The van der Waals surface area contributed by atoms with Gasteiger partial charge in [-0.3, -0.25) is 0 Å². The van der Waals surface area contributed by atoms with E-state index in [1.54, 1.807) is 6.92 Å². The predicted molar refractivity (Wildman–Crippen MR) is 69.6 cm³/mol. The third-order valence-corrected chi connectivity index (χ3v) is 5.06. The Morgan fingerprint density at radius 3 is 2.74 bits per heavy atom. The van der Waals surface area contributed by atoms with Crippen molar-refractivity contribution in [3.05, 3.63) is 23.8 Å². The van der Waals surface area contributed by atoms with Crippen LogP contribution in [0.25, 0.3) is 0 Å². The summed E-state index contributed by atoms with van der Waals surface area (Å²) in [5, 5.41) is 18.9. The van der Waals surface area contributed by atoms with Crippen molar-refractivity contribution < 1.29 is 13.5 Å². The molecule has 1 aromatic rings. The van der Waals surface area contributed by atoms with Crippen LogP contribution in [0.2, 0.25) is 0 Å². The molecule has 19 heavy (non-hydrogen) atoms. The third-order valence-electron chi connectivity index (χ3n) is 3.16. The zero-order chi connectivity index (χ0) is 14.3. The summed E-state index contributed by atoms with van der Waals surface area (Å²) in [6.07, 6.45) is 0.378. The number of benzene rings is 1. The van der Waals surface area contributed by atoms with Gasteiger partial charge in [-0.05, 0) is 31.5 Å². The minimum Gasteiger partial charge on any atom is -0.399 e. The lowest BCUT2D eigenvalue weighted by Gasteiger charge is -2.19. The second-order valence-electron chi connectivity index (χ2n) is 4.95. The first kappa shape index (κ1) is 13.8. The molecule has 0 radical (unpaired) electrons. The normalized spacial score (nSPS) is 24.3. The van der Waals surface area contributed by atoms with Gasteiger partial charge in [0.25, 0.3) is 0 Å². The molecule has 1 aliphatic heterocycles. The fourth-order valence-electron chi connectivity index (χ4n) is 2.11. The quantitative estimate of drug-likeness (QED) is 0.757. The molecule has 3 N–H and O–H groups in total. The van der Waals surface area contributed by atoms with Crippen molar-refractivity contribution in [2.24, 2.45) is 0 Å². The highest BCUT2D eigenvalue weighted by Crippen LogP contribution is 2.28. The molecule has 0 bridgehead atoms. The van der Waals surface area contributed by atoms with Crippen LogP contribution in [0.1, 0.15) is 18.9 Å². The minimum absolute atomic E-state index is 0.0199. The number of nitriles is 1. The fraction of sp³-hybridized carbons (Fsp3) is 0.417. The fourth-order valence-corrected chi connectivity index (χ4v) is 3.79. The van der Waals surface area contributed by atoms with Crippen molar-refractivity contribution in [2.75, 3.05) is 18.8 Å². The van der Waals surface area contributed by atoms with Crippen molar-refractivity contribution in [3.8, 4) is 6.07 Å². The largest absolute Gasteiger partial charge is 0.399 e. The summed E-state index contributed by atoms with van der Waals surface area (Å²) < 4.78 is 26.1. The molecule has 6 nitrogen and oxygen atoms in total. The number of anilines is 1. The Bertz CT molecular complexity index is 647. The van der Waals surface area contributed by atoms with Gasteiger partial charge >= 0.3 is 0 Å². The van der Waals surface area contributed by atoms with Crippen LogP contribution in [0.3, 0.4) is 0 Å². The second-order valence-corrected chi connectivity index (χ2v) is 6.86. The van der Waals surface area contributed by atoms with Gasteiger partial charge in [0.15, 0.2) is 0 Å². The Morgan fingerprint density at radius 2 is 2.21 bits per heavy atom. The lowest BCUT2D eigenvalue weighted by Crippen LogP contribution is -2.34. The van der Waals surface area contributed by atoms with Gasteiger partial charge in [0.1, 0.15) is 11.0 Å². The van der Waals surface area contributed by atoms with Crippen molar-refractivity contribution in [3.63, 3.8) is 0 Å². The second kappa shape index (κ2) is 4.49. The number of nitrogens with zero attached hydrogens (tertiary/aromatic N) is 2. The molecule has 1 saturated heterocycles. The standard InChI is InChI=1S/C12H15N3O3S/c1-12(16)4-5-15(8-12)19(17,18)11-3-2-10(14)6-9(11)7-13/h2-3,6,16H,4-5,8,14H2,1H3.